The molecule has 1 saturated heterocycles. The van der Waals surface area contributed by atoms with Gasteiger partial charge in [0.25, 0.3) is 5.79 Å². The van der Waals surface area contributed by atoms with Gasteiger partial charge in [0.2, 0.25) is 0 Å². The number of esters is 1. The Balaban J connectivity index is 2.67. The molecule has 0 amide bonds. The van der Waals surface area contributed by atoms with Crippen LogP contribution in [0.5, 0.6) is 0 Å². The van der Waals surface area contributed by atoms with E-state index in [0.717, 1.165) is 25.7 Å². The number of cyclic esters (lactones) is 1. The van der Waals surface area contributed by atoms with Crippen molar-refractivity contribution in [2.45, 2.75) is 51.7 Å². The Kier molecular flexibility index (Phi) is 5.77. The molecular formula is C12H22O4. The van der Waals surface area contributed by atoms with Gasteiger partial charge in [0.1, 0.15) is 0 Å². The van der Waals surface area contributed by atoms with Gasteiger partial charge < -0.3 is 14.2 Å². The first kappa shape index (κ1) is 13.5. The van der Waals surface area contributed by atoms with Gasteiger partial charge in [-0.05, 0) is 25.7 Å². The van der Waals surface area contributed by atoms with E-state index in [1.807, 2.05) is 13.8 Å². The summed E-state index contributed by atoms with van der Waals surface area (Å²) in [7, 11) is 0. The Hall–Kier alpha value is -0.610. The van der Waals surface area contributed by atoms with Crippen molar-refractivity contribution in [2.75, 3.05) is 19.8 Å². The molecule has 94 valence electrons. The zero-order valence-corrected chi connectivity index (χ0v) is 10.3. The minimum absolute atomic E-state index is 0.355. The maximum Gasteiger partial charge on any atom is 0.366 e. The molecule has 0 aromatic carbocycles. The number of hydrogen-bond acceptors (Lipinski definition) is 4. The van der Waals surface area contributed by atoms with Gasteiger partial charge in [-0.25, -0.2) is 4.79 Å². The highest BCUT2D eigenvalue weighted by molar-refractivity contribution is 5.78. The maximum atomic E-state index is 11.9. The summed E-state index contributed by atoms with van der Waals surface area (Å²) in [5, 5.41) is 0. The standard InChI is InChI=1S/C12H22O4/c1-3-8-15-12(16-9-4-2)7-5-6-10-14-11(12)13/h3-10H2,1-2H3. The monoisotopic (exact) mass is 230 g/mol. The minimum Gasteiger partial charge on any atom is -0.462 e. The number of hydrogen-bond donors (Lipinski definition) is 0. The fraction of sp³-hybridized carbons (Fsp3) is 0.917. The molecule has 0 aromatic rings. The largest absolute Gasteiger partial charge is 0.462 e. The summed E-state index contributed by atoms with van der Waals surface area (Å²) < 4.78 is 16.4. The Morgan fingerprint density at radius 1 is 1.19 bits per heavy atom. The van der Waals surface area contributed by atoms with Gasteiger partial charge in [0, 0.05) is 6.42 Å². The second kappa shape index (κ2) is 6.86. The lowest BCUT2D eigenvalue weighted by atomic mass is 10.1. The van der Waals surface area contributed by atoms with Crippen LogP contribution < -0.4 is 0 Å². The van der Waals surface area contributed by atoms with Gasteiger partial charge in [0.05, 0.1) is 19.8 Å². The fourth-order valence-electron chi connectivity index (χ4n) is 1.67. The van der Waals surface area contributed by atoms with E-state index in [-0.39, 0.29) is 5.97 Å². The van der Waals surface area contributed by atoms with Gasteiger partial charge in [-0.2, -0.15) is 0 Å². The molecule has 1 heterocycles. The quantitative estimate of drug-likeness (QED) is 0.518. The summed E-state index contributed by atoms with van der Waals surface area (Å²) in [4.78, 5) is 11.9. The number of carbonyl (C=O) groups excluding carboxylic acids is 1. The molecule has 1 rings (SSSR count). The summed E-state index contributed by atoms with van der Waals surface area (Å²) in [6, 6.07) is 0. The average Bonchev–Trinajstić information content (AvgIpc) is 2.48. The third kappa shape index (κ3) is 3.46. The molecule has 4 nitrogen and oxygen atoms in total. The van der Waals surface area contributed by atoms with Gasteiger partial charge in [0.15, 0.2) is 0 Å². The molecule has 4 heteroatoms. The highest BCUT2D eigenvalue weighted by Gasteiger charge is 2.43. The van der Waals surface area contributed by atoms with Crippen LogP contribution in [0.25, 0.3) is 0 Å². The van der Waals surface area contributed by atoms with E-state index in [0.29, 0.717) is 26.2 Å². The topological polar surface area (TPSA) is 44.8 Å². The molecule has 1 aliphatic heterocycles. The van der Waals surface area contributed by atoms with Crippen LogP contribution in [0.3, 0.4) is 0 Å². The molecule has 16 heavy (non-hydrogen) atoms. The molecule has 1 fully saturated rings. The van der Waals surface area contributed by atoms with Crippen molar-refractivity contribution >= 4 is 5.97 Å². The molecule has 0 unspecified atom stereocenters. The predicted molar refractivity (Wildman–Crippen MR) is 60.0 cm³/mol. The van der Waals surface area contributed by atoms with Crippen LogP contribution in [0.4, 0.5) is 0 Å². The van der Waals surface area contributed by atoms with E-state index in [4.69, 9.17) is 14.2 Å². The van der Waals surface area contributed by atoms with Crippen molar-refractivity contribution in [3.8, 4) is 0 Å². The Morgan fingerprint density at radius 3 is 2.38 bits per heavy atom. The fourth-order valence-corrected chi connectivity index (χ4v) is 1.67. The Morgan fingerprint density at radius 2 is 1.81 bits per heavy atom. The molecule has 0 aliphatic carbocycles. The lowest BCUT2D eigenvalue weighted by Gasteiger charge is -2.29. The summed E-state index contributed by atoms with van der Waals surface area (Å²) >= 11 is 0. The number of rotatable bonds is 6. The summed E-state index contributed by atoms with van der Waals surface area (Å²) in [5.41, 5.74) is 0. The van der Waals surface area contributed by atoms with Gasteiger partial charge in [-0.15, -0.1) is 0 Å². The highest BCUT2D eigenvalue weighted by atomic mass is 16.7. The SMILES string of the molecule is CCCOC1(OCCC)CCCCOC1=O. The van der Waals surface area contributed by atoms with Gasteiger partial charge in [-0.1, -0.05) is 13.8 Å². The molecule has 0 aromatic heterocycles. The highest BCUT2D eigenvalue weighted by Crippen LogP contribution is 2.26. The first-order valence-electron chi connectivity index (χ1n) is 6.20. The van der Waals surface area contributed by atoms with E-state index in [1.165, 1.54) is 0 Å². The third-order valence-electron chi connectivity index (χ3n) is 2.52. The zero-order valence-electron chi connectivity index (χ0n) is 10.3. The van der Waals surface area contributed by atoms with Crippen LogP contribution in [-0.2, 0) is 19.0 Å². The molecular weight excluding hydrogens is 208 g/mol. The molecule has 0 atom stereocenters. The van der Waals surface area contributed by atoms with Crippen molar-refractivity contribution < 1.29 is 19.0 Å². The van der Waals surface area contributed by atoms with Crippen LogP contribution in [0.1, 0.15) is 46.0 Å². The van der Waals surface area contributed by atoms with Gasteiger partial charge >= 0.3 is 5.97 Å². The second-order valence-electron chi connectivity index (χ2n) is 4.04. The zero-order chi connectivity index (χ0) is 11.9. The smallest absolute Gasteiger partial charge is 0.366 e. The molecule has 0 spiro atoms. The predicted octanol–water partition coefficient (Wildman–Crippen LogP) is 2.26. The lowest BCUT2D eigenvalue weighted by molar-refractivity contribution is -0.248. The second-order valence-corrected chi connectivity index (χ2v) is 4.04. The van der Waals surface area contributed by atoms with Crippen LogP contribution in [0.2, 0.25) is 0 Å². The summed E-state index contributed by atoms with van der Waals surface area (Å²) in [6.07, 6.45) is 4.12. The maximum absolute atomic E-state index is 11.9. The first-order valence-corrected chi connectivity index (χ1v) is 6.20. The van der Waals surface area contributed by atoms with E-state index in [2.05, 4.69) is 0 Å². The van der Waals surface area contributed by atoms with E-state index < -0.39 is 5.79 Å². The summed E-state index contributed by atoms with van der Waals surface area (Å²) in [6.45, 7) is 5.55. The van der Waals surface area contributed by atoms with Crippen molar-refractivity contribution in [2.24, 2.45) is 0 Å². The van der Waals surface area contributed by atoms with E-state index in [9.17, 15) is 4.79 Å². The first-order chi connectivity index (χ1) is 7.75. The van der Waals surface area contributed by atoms with Crippen molar-refractivity contribution in [3.05, 3.63) is 0 Å². The van der Waals surface area contributed by atoms with Crippen LogP contribution in [-0.4, -0.2) is 31.6 Å². The van der Waals surface area contributed by atoms with E-state index >= 15 is 0 Å². The molecule has 0 bridgehead atoms. The molecule has 0 radical (unpaired) electrons. The van der Waals surface area contributed by atoms with Crippen LogP contribution in [0, 0.1) is 0 Å². The molecule has 1 aliphatic rings. The van der Waals surface area contributed by atoms with Crippen molar-refractivity contribution in [1.29, 1.82) is 0 Å². The minimum atomic E-state index is -1.14. The average molecular weight is 230 g/mol. The van der Waals surface area contributed by atoms with Crippen molar-refractivity contribution in [3.63, 3.8) is 0 Å². The molecule has 0 N–H and O–H groups in total. The Bertz CT molecular complexity index is 207. The normalized spacial score (nSPS) is 20.2. The van der Waals surface area contributed by atoms with Crippen LogP contribution >= 0.6 is 0 Å². The van der Waals surface area contributed by atoms with Gasteiger partial charge in [-0.3, -0.25) is 0 Å². The lowest BCUT2D eigenvalue weighted by Crippen LogP contribution is -2.45. The van der Waals surface area contributed by atoms with E-state index in [1.54, 1.807) is 0 Å². The van der Waals surface area contributed by atoms with Crippen molar-refractivity contribution in [1.82, 2.24) is 0 Å². The summed E-state index contributed by atoms with van der Waals surface area (Å²) in [5.74, 6) is -1.49. The number of carbonyl (C=O) groups is 1. The van der Waals surface area contributed by atoms with Crippen LogP contribution in [0.15, 0.2) is 0 Å². The Labute approximate surface area is 97.2 Å². The molecule has 0 saturated carbocycles. The third-order valence-corrected chi connectivity index (χ3v) is 2.52. The number of ether oxygens (including phenoxy) is 3.